The van der Waals surface area contributed by atoms with Gasteiger partial charge in [0.05, 0.1) is 45.5 Å². The van der Waals surface area contributed by atoms with Crippen molar-refractivity contribution >= 4 is 21.8 Å². The molecular weight excluding hydrogens is 1050 g/mol. The van der Waals surface area contributed by atoms with Crippen LogP contribution in [0.3, 0.4) is 0 Å². The molecular formula is C54H32F10N8O6. The van der Waals surface area contributed by atoms with E-state index in [-0.39, 0.29) is 67.4 Å². The molecule has 0 aliphatic heterocycles. The molecule has 24 heteroatoms. The first-order valence-corrected chi connectivity index (χ1v) is 23.0. The SMILES string of the molecule is O=c1ccc(-n2cnc(=O)c3cc(Oc4ncccc4C(F)(F)F)ccc32)c(-c2ccc(F)cc2F)[nH]1.O=c1ncn(-c2ccc(OCC3CC3)nc2-c2ccc(F)cc2F)c2ccc(Oc3ncccc3C(F)(F)F)cc12. The van der Waals surface area contributed by atoms with E-state index >= 15 is 0 Å². The molecule has 11 rings (SSSR count). The summed E-state index contributed by atoms with van der Waals surface area (Å²) in [5.41, 5.74) is -3.17. The van der Waals surface area contributed by atoms with E-state index in [0.717, 1.165) is 80.1 Å². The molecule has 0 saturated heterocycles. The van der Waals surface area contributed by atoms with Crippen LogP contribution in [0.5, 0.6) is 29.1 Å². The van der Waals surface area contributed by atoms with Crippen LogP contribution in [0.15, 0.2) is 161 Å². The molecule has 6 aromatic heterocycles. The van der Waals surface area contributed by atoms with E-state index in [1.165, 1.54) is 70.1 Å². The minimum absolute atomic E-state index is 0.00841. The molecule has 394 valence electrons. The van der Waals surface area contributed by atoms with Crippen LogP contribution in [0.2, 0.25) is 0 Å². The summed E-state index contributed by atoms with van der Waals surface area (Å²) < 4.78 is 156. The Morgan fingerprint density at radius 3 is 1.59 bits per heavy atom. The number of rotatable bonds is 11. The number of H-pyrrole nitrogens is 1. The number of nitrogens with zero attached hydrogens (tertiary/aromatic N) is 7. The Balaban J connectivity index is 0.000000177. The van der Waals surface area contributed by atoms with Gasteiger partial charge in [0.25, 0.3) is 11.1 Å². The lowest BCUT2D eigenvalue weighted by Crippen LogP contribution is -2.15. The molecule has 14 nitrogen and oxygen atoms in total. The fourth-order valence-electron chi connectivity index (χ4n) is 8.03. The summed E-state index contributed by atoms with van der Waals surface area (Å²) >= 11 is 0. The number of nitrogens with one attached hydrogen (secondary N) is 1. The second-order valence-corrected chi connectivity index (χ2v) is 17.2. The van der Waals surface area contributed by atoms with E-state index in [2.05, 4.69) is 29.9 Å². The van der Waals surface area contributed by atoms with Crippen molar-refractivity contribution in [2.75, 3.05) is 6.61 Å². The third kappa shape index (κ3) is 11.0. The normalized spacial score (nSPS) is 12.5. The first-order chi connectivity index (χ1) is 37.3. The Bertz CT molecular complexity index is 4150. The molecule has 0 amide bonds. The van der Waals surface area contributed by atoms with Crippen molar-refractivity contribution < 1.29 is 58.1 Å². The molecule has 0 unspecified atom stereocenters. The van der Waals surface area contributed by atoms with Crippen molar-refractivity contribution in [1.29, 1.82) is 0 Å². The van der Waals surface area contributed by atoms with Crippen molar-refractivity contribution in [2.24, 2.45) is 5.92 Å². The van der Waals surface area contributed by atoms with Gasteiger partial charge in [0, 0.05) is 47.8 Å². The van der Waals surface area contributed by atoms with Crippen LogP contribution in [0, 0.1) is 29.2 Å². The van der Waals surface area contributed by atoms with Crippen LogP contribution < -0.4 is 30.9 Å². The highest BCUT2D eigenvalue weighted by Crippen LogP contribution is 2.40. The Hall–Kier alpha value is -9.74. The monoisotopic (exact) mass is 1080 g/mol. The van der Waals surface area contributed by atoms with Crippen LogP contribution >= 0.6 is 0 Å². The highest BCUT2D eigenvalue weighted by atomic mass is 19.4. The lowest BCUT2D eigenvalue weighted by Gasteiger charge is -2.17. The average Bonchev–Trinajstić information content (AvgIpc) is 4.28. The maximum Gasteiger partial charge on any atom is 0.421 e. The lowest BCUT2D eigenvalue weighted by atomic mass is 10.1. The van der Waals surface area contributed by atoms with Gasteiger partial charge in [0.1, 0.15) is 64.2 Å². The molecule has 1 aliphatic carbocycles. The van der Waals surface area contributed by atoms with E-state index in [1.54, 1.807) is 12.1 Å². The van der Waals surface area contributed by atoms with Crippen molar-refractivity contribution in [3.63, 3.8) is 0 Å². The van der Waals surface area contributed by atoms with Crippen molar-refractivity contribution in [2.45, 2.75) is 25.2 Å². The number of ether oxygens (including phenoxy) is 3. The summed E-state index contributed by atoms with van der Waals surface area (Å²) in [5.74, 6) is -4.27. The second-order valence-electron chi connectivity index (χ2n) is 17.2. The van der Waals surface area contributed by atoms with Gasteiger partial charge >= 0.3 is 12.4 Å². The van der Waals surface area contributed by atoms with Gasteiger partial charge in [-0.25, -0.2) is 32.5 Å². The number of fused-ring (bicyclic) bond motifs is 2. The molecule has 1 saturated carbocycles. The first-order valence-electron chi connectivity index (χ1n) is 23.0. The zero-order valence-electron chi connectivity index (χ0n) is 39.4. The van der Waals surface area contributed by atoms with Crippen molar-refractivity contribution in [3.05, 3.63) is 212 Å². The van der Waals surface area contributed by atoms with Gasteiger partial charge in [-0.3, -0.25) is 23.5 Å². The minimum Gasteiger partial charge on any atom is -0.477 e. The number of hydrogen-bond acceptors (Lipinski definition) is 11. The Kier molecular flexibility index (Phi) is 13.8. The summed E-state index contributed by atoms with van der Waals surface area (Å²) in [6, 6.07) is 23.5. The second kappa shape index (κ2) is 20.8. The van der Waals surface area contributed by atoms with E-state index in [1.807, 2.05) is 0 Å². The fraction of sp³-hybridized carbons (Fsp3) is 0.111. The van der Waals surface area contributed by atoms with E-state index in [9.17, 15) is 58.3 Å². The third-order valence-corrected chi connectivity index (χ3v) is 11.9. The number of hydrogen-bond donors (Lipinski definition) is 1. The largest absolute Gasteiger partial charge is 0.477 e. The Morgan fingerprint density at radius 2 is 1.08 bits per heavy atom. The fourth-order valence-corrected chi connectivity index (χ4v) is 8.03. The highest BCUT2D eigenvalue weighted by Gasteiger charge is 2.36. The van der Waals surface area contributed by atoms with Crippen LogP contribution in [-0.4, -0.2) is 45.6 Å². The number of halogens is 10. The molecule has 10 aromatic rings. The molecule has 6 heterocycles. The summed E-state index contributed by atoms with van der Waals surface area (Å²) in [5, 5.41) is -0.0321. The van der Waals surface area contributed by atoms with Crippen LogP contribution in [-0.2, 0) is 12.4 Å². The molecule has 1 N–H and O–H groups in total. The summed E-state index contributed by atoms with van der Waals surface area (Å²) in [6.45, 7) is 0.454. The maximum atomic E-state index is 14.9. The van der Waals surface area contributed by atoms with E-state index in [0.29, 0.717) is 24.3 Å². The first kappa shape index (κ1) is 51.7. The van der Waals surface area contributed by atoms with Gasteiger partial charge in [0.2, 0.25) is 23.2 Å². The topological polar surface area (TPSA) is 169 Å². The Morgan fingerprint density at radius 1 is 0.564 bits per heavy atom. The summed E-state index contributed by atoms with van der Waals surface area (Å²) in [7, 11) is 0. The average molecular weight is 1080 g/mol. The molecule has 78 heavy (non-hydrogen) atoms. The summed E-state index contributed by atoms with van der Waals surface area (Å²) in [4.78, 5) is 59.3. The molecule has 1 fully saturated rings. The standard InChI is InChI=1S/C29H19F5N4O3.C25H13F5N4O3/c30-17-5-7-19(22(31)12-17)26-24(9-10-25(37-26)40-14-16-3-4-16)38-15-36-27(39)20-13-18(6-8-23(20)38)41-28-21(29(32,33)34)2-1-11-35-28;26-13-3-5-15(18(27)10-13)22-20(7-8-21(35)33-22)34-12-32-23(36)16-11-14(4-6-19(16)34)37-24-17(25(28,29)30)2-1-9-31-24/h1-2,5-13,15-16H,3-4,14H2;1-12H,(H,33,35). The van der Waals surface area contributed by atoms with Crippen LogP contribution in [0.1, 0.15) is 24.0 Å². The maximum absolute atomic E-state index is 14.9. The molecule has 0 bridgehead atoms. The third-order valence-electron chi connectivity index (χ3n) is 11.9. The van der Waals surface area contributed by atoms with E-state index in [4.69, 9.17) is 14.2 Å². The molecule has 1 aliphatic rings. The number of pyridine rings is 4. The number of aromatic nitrogens is 8. The molecule has 0 radical (unpaired) electrons. The smallest absolute Gasteiger partial charge is 0.421 e. The van der Waals surface area contributed by atoms with Gasteiger partial charge in [0.15, 0.2) is 0 Å². The number of alkyl halides is 6. The zero-order chi connectivity index (χ0) is 55.0. The zero-order valence-corrected chi connectivity index (χ0v) is 39.4. The number of aromatic amines is 1. The highest BCUT2D eigenvalue weighted by molar-refractivity contribution is 5.84. The molecule has 0 atom stereocenters. The lowest BCUT2D eigenvalue weighted by molar-refractivity contribution is -0.139. The van der Waals surface area contributed by atoms with Gasteiger partial charge in [-0.15, -0.1) is 0 Å². The van der Waals surface area contributed by atoms with Crippen LogP contribution in [0.25, 0.3) is 55.7 Å². The van der Waals surface area contributed by atoms with Gasteiger partial charge < -0.3 is 19.2 Å². The van der Waals surface area contributed by atoms with Gasteiger partial charge in [-0.05, 0) is 116 Å². The predicted octanol–water partition coefficient (Wildman–Crippen LogP) is 11.9. The summed E-state index contributed by atoms with van der Waals surface area (Å²) in [6.07, 6.45) is -2.67. The number of benzene rings is 4. The predicted molar refractivity (Wildman–Crippen MR) is 261 cm³/mol. The van der Waals surface area contributed by atoms with Crippen molar-refractivity contribution in [1.82, 2.24) is 39.0 Å². The molecule has 0 spiro atoms. The van der Waals surface area contributed by atoms with Crippen LogP contribution in [0.4, 0.5) is 43.9 Å². The minimum atomic E-state index is -4.72. The quantitative estimate of drug-likeness (QED) is 0.122. The Labute approximate surface area is 430 Å². The molecule has 4 aromatic carbocycles. The van der Waals surface area contributed by atoms with E-state index < -0.39 is 75.2 Å². The van der Waals surface area contributed by atoms with Gasteiger partial charge in [-0.2, -0.15) is 36.3 Å². The van der Waals surface area contributed by atoms with Gasteiger partial charge in [-0.1, -0.05) is 0 Å². The van der Waals surface area contributed by atoms with Crippen molar-refractivity contribution in [3.8, 4) is 63.0 Å².